The average molecular weight is 210 g/mol. The van der Waals surface area contributed by atoms with E-state index >= 15 is 0 Å². The molecule has 0 nitrogen and oxygen atoms in total. The van der Waals surface area contributed by atoms with Crippen LogP contribution in [0.2, 0.25) is 0 Å². The summed E-state index contributed by atoms with van der Waals surface area (Å²) in [6.45, 7) is 9.50. The molecule has 0 aromatic carbocycles. The fraction of sp³-hybridized carbons (Fsp3) is 1.00. The molecular weight excluding hydrogens is 180 g/mol. The van der Waals surface area contributed by atoms with Crippen molar-refractivity contribution in [2.24, 2.45) is 23.7 Å². The molecule has 1 fully saturated rings. The minimum atomic E-state index is 0.888. The van der Waals surface area contributed by atoms with Crippen LogP contribution in [0.3, 0.4) is 0 Å². The Bertz CT molecular complexity index is 151. The zero-order valence-corrected chi connectivity index (χ0v) is 11.3. The van der Waals surface area contributed by atoms with Gasteiger partial charge in [-0.25, -0.2) is 0 Å². The van der Waals surface area contributed by atoms with E-state index in [1.807, 2.05) is 0 Å². The van der Waals surface area contributed by atoms with Crippen LogP contribution in [0.5, 0.6) is 0 Å². The van der Waals surface area contributed by atoms with Crippen LogP contribution in [0.15, 0.2) is 0 Å². The zero-order chi connectivity index (χ0) is 11.3. The lowest BCUT2D eigenvalue weighted by molar-refractivity contribution is 0.177. The fourth-order valence-corrected chi connectivity index (χ4v) is 3.37. The first-order valence-corrected chi connectivity index (χ1v) is 7.17. The number of hydrogen-bond donors (Lipinski definition) is 0. The van der Waals surface area contributed by atoms with Gasteiger partial charge in [-0.1, -0.05) is 53.4 Å². The molecule has 0 N–H and O–H groups in total. The minimum Gasteiger partial charge on any atom is -0.0651 e. The SMILES string of the molecule is CCC1CCC(C(CC)CC(C)C)CC1. The second kappa shape index (κ2) is 6.55. The molecular formula is C15H30. The van der Waals surface area contributed by atoms with Gasteiger partial charge in [-0.15, -0.1) is 0 Å². The van der Waals surface area contributed by atoms with Crippen molar-refractivity contribution in [1.29, 1.82) is 0 Å². The molecule has 0 radical (unpaired) electrons. The standard InChI is InChI=1S/C15H30/c1-5-13-7-9-15(10-8-13)14(6-2)11-12(3)4/h12-15H,5-11H2,1-4H3. The Hall–Kier alpha value is 0. The highest BCUT2D eigenvalue weighted by molar-refractivity contribution is 4.77. The summed E-state index contributed by atoms with van der Waals surface area (Å²) in [6.07, 6.45) is 10.3. The van der Waals surface area contributed by atoms with Gasteiger partial charge in [0.05, 0.1) is 0 Å². The van der Waals surface area contributed by atoms with Crippen LogP contribution < -0.4 is 0 Å². The lowest BCUT2D eigenvalue weighted by Crippen LogP contribution is -2.22. The fourth-order valence-electron chi connectivity index (χ4n) is 3.37. The molecule has 0 bridgehead atoms. The molecule has 1 aliphatic carbocycles. The summed E-state index contributed by atoms with van der Waals surface area (Å²) >= 11 is 0. The highest BCUT2D eigenvalue weighted by Gasteiger charge is 2.26. The largest absolute Gasteiger partial charge is 0.0651 e. The van der Waals surface area contributed by atoms with Crippen LogP contribution in [0.4, 0.5) is 0 Å². The second-order valence-electron chi connectivity index (χ2n) is 5.99. The highest BCUT2D eigenvalue weighted by Crippen LogP contribution is 2.38. The summed E-state index contributed by atoms with van der Waals surface area (Å²) in [5, 5.41) is 0. The number of hydrogen-bond acceptors (Lipinski definition) is 0. The maximum absolute atomic E-state index is 2.39. The predicted octanol–water partition coefficient (Wildman–Crippen LogP) is 5.28. The van der Waals surface area contributed by atoms with E-state index in [9.17, 15) is 0 Å². The van der Waals surface area contributed by atoms with E-state index < -0.39 is 0 Å². The molecule has 0 saturated heterocycles. The highest BCUT2D eigenvalue weighted by atomic mass is 14.3. The van der Waals surface area contributed by atoms with Gasteiger partial charge in [0.25, 0.3) is 0 Å². The first-order valence-electron chi connectivity index (χ1n) is 7.17. The van der Waals surface area contributed by atoms with Crippen LogP contribution in [0.25, 0.3) is 0 Å². The van der Waals surface area contributed by atoms with Gasteiger partial charge in [-0.2, -0.15) is 0 Å². The lowest BCUT2D eigenvalue weighted by atomic mass is 9.72. The van der Waals surface area contributed by atoms with Crippen molar-refractivity contribution in [2.45, 2.75) is 72.6 Å². The van der Waals surface area contributed by atoms with Gasteiger partial charge < -0.3 is 0 Å². The molecule has 1 unspecified atom stereocenters. The van der Waals surface area contributed by atoms with E-state index in [0.29, 0.717) is 0 Å². The van der Waals surface area contributed by atoms with Crippen molar-refractivity contribution in [1.82, 2.24) is 0 Å². The van der Waals surface area contributed by atoms with Crippen LogP contribution in [-0.2, 0) is 0 Å². The van der Waals surface area contributed by atoms with Crippen molar-refractivity contribution in [3.63, 3.8) is 0 Å². The van der Waals surface area contributed by atoms with Gasteiger partial charge in [0.15, 0.2) is 0 Å². The molecule has 0 heteroatoms. The van der Waals surface area contributed by atoms with Crippen molar-refractivity contribution >= 4 is 0 Å². The first-order chi connectivity index (χ1) is 7.17. The molecule has 0 aromatic rings. The Morgan fingerprint density at radius 3 is 2.00 bits per heavy atom. The lowest BCUT2D eigenvalue weighted by Gasteiger charge is -2.34. The maximum Gasteiger partial charge on any atom is -0.0386 e. The quantitative estimate of drug-likeness (QED) is 0.579. The molecule has 0 heterocycles. The van der Waals surface area contributed by atoms with Gasteiger partial charge >= 0.3 is 0 Å². The maximum atomic E-state index is 2.39. The monoisotopic (exact) mass is 210 g/mol. The van der Waals surface area contributed by atoms with E-state index in [-0.39, 0.29) is 0 Å². The third kappa shape index (κ3) is 4.17. The third-order valence-electron chi connectivity index (χ3n) is 4.43. The van der Waals surface area contributed by atoms with E-state index in [1.54, 1.807) is 0 Å². The minimum absolute atomic E-state index is 0.888. The van der Waals surface area contributed by atoms with E-state index in [0.717, 1.165) is 23.7 Å². The van der Waals surface area contributed by atoms with Gasteiger partial charge in [-0.05, 0) is 42.9 Å². The summed E-state index contributed by atoms with van der Waals surface area (Å²) in [4.78, 5) is 0. The Kier molecular flexibility index (Phi) is 5.71. The molecule has 1 atom stereocenters. The van der Waals surface area contributed by atoms with Crippen molar-refractivity contribution in [3.8, 4) is 0 Å². The zero-order valence-electron chi connectivity index (χ0n) is 11.3. The molecule has 90 valence electrons. The molecule has 1 rings (SSSR count). The van der Waals surface area contributed by atoms with Gasteiger partial charge in [-0.3, -0.25) is 0 Å². The Labute approximate surface area is 96.8 Å². The summed E-state index contributed by atoms with van der Waals surface area (Å²) in [5.74, 6) is 4.01. The predicted molar refractivity (Wildman–Crippen MR) is 69.0 cm³/mol. The Morgan fingerprint density at radius 2 is 1.60 bits per heavy atom. The molecule has 15 heavy (non-hydrogen) atoms. The van der Waals surface area contributed by atoms with E-state index in [1.165, 1.54) is 44.9 Å². The first kappa shape index (κ1) is 13.1. The molecule has 0 aliphatic heterocycles. The van der Waals surface area contributed by atoms with Crippen LogP contribution in [-0.4, -0.2) is 0 Å². The second-order valence-corrected chi connectivity index (χ2v) is 5.99. The normalized spacial score (nSPS) is 29.4. The third-order valence-corrected chi connectivity index (χ3v) is 4.43. The number of rotatable bonds is 5. The van der Waals surface area contributed by atoms with Gasteiger partial charge in [0, 0.05) is 0 Å². The van der Waals surface area contributed by atoms with Gasteiger partial charge in [0.1, 0.15) is 0 Å². The van der Waals surface area contributed by atoms with E-state index in [4.69, 9.17) is 0 Å². The van der Waals surface area contributed by atoms with Crippen molar-refractivity contribution in [2.75, 3.05) is 0 Å². The molecule has 1 aliphatic rings. The Balaban J connectivity index is 2.35. The molecule has 0 amide bonds. The van der Waals surface area contributed by atoms with E-state index in [2.05, 4.69) is 27.7 Å². The smallest absolute Gasteiger partial charge is 0.0386 e. The van der Waals surface area contributed by atoms with Gasteiger partial charge in [0.2, 0.25) is 0 Å². The summed E-state index contributed by atoms with van der Waals surface area (Å²) < 4.78 is 0. The van der Waals surface area contributed by atoms with Crippen LogP contribution in [0, 0.1) is 23.7 Å². The van der Waals surface area contributed by atoms with Crippen LogP contribution in [0.1, 0.15) is 72.6 Å². The Morgan fingerprint density at radius 1 is 1.00 bits per heavy atom. The summed E-state index contributed by atoms with van der Waals surface area (Å²) in [6, 6.07) is 0. The molecule has 1 saturated carbocycles. The average Bonchev–Trinajstić information content (AvgIpc) is 2.26. The summed E-state index contributed by atoms with van der Waals surface area (Å²) in [5.41, 5.74) is 0. The van der Waals surface area contributed by atoms with Crippen LogP contribution >= 0.6 is 0 Å². The molecule has 0 spiro atoms. The summed E-state index contributed by atoms with van der Waals surface area (Å²) in [7, 11) is 0. The molecule has 0 aromatic heterocycles. The van der Waals surface area contributed by atoms with Crippen molar-refractivity contribution < 1.29 is 0 Å². The topological polar surface area (TPSA) is 0 Å². The van der Waals surface area contributed by atoms with Crippen molar-refractivity contribution in [3.05, 3.63) is 0 Å².